The van der Waals surface area contributed by atoms with Gasteiger partial charge in [0.2, 0.25) is 0 Å². The van der Waals surface area contributed by atoms with Gasteiger partial charge >= 0.3 is 6.18 Å². The van der Waals surface area contributed by atoms with Crippen LogP contribution < -0.4 is 21.3 Å². The highest BCUT2D eigenvalue weighted by molar-refractivity contribution is 8.04. The minimum atomic E-state index is -4.38. The average molecular weight is 391 g/mol. The molecule has 140 valence electrons. The van der Waals surface area contributed by atoms with E-state index >= 15 is 0 Å². The molecule has 2 aromatic carbocycles. The Kier molecular flexibility index (Phi) is 4.37. The third kappa shape index (κ3) is 3.18. The SMILES string of the molecule is NC1C2=C(N=CN1c1ccc(C(F)(F)F)cc1)SC(N)N2c1ccccc1. The van der Waals surface area contributed by atoms with Gasteiger partial charge in [-0.25, -0.2) is 4.99 Å². The maximum Gasteiger partial charge on any atom is 0.416 e. The zero-order valence-corrected chi connectivity index (χ0v) is 14.8. The molecule has 2 aliphatic heterocycles. The second-order valence-corrected chi connectivity index (χ2v) is 7.15. The Morgan fingerprint density at radius 1 is 0.926 bits per heavy atom. The number of aliphatic imine (C=N–C) groups is 1. The molecule has 5 nitrogen and oxygen atoms in total. The monoisotopic (exact) mass is 391 g/mol. The predicted molar refractivity (Wildman–Crippen MR) is 102 cm³/mol. The van der Waals surface area contributed by atoms with E-state index in [1.54, 1.807) is 4.90 Å². The highest BCUT2D eigenvalue weighted by Crippen LogP contribution is 2.43. The number of nitrogens with zero attached hydrogens (tertiary/aromatic N) is 3. The van der Waals surface area contributed by atoms with E-state index in [1.807, 2.05) is 35.2 Å². The van der Waals surface area contributed by atoms with Crippen LogP contribution in [0, 0.1) is 0 Å². The van der Waals surface area contributed by atoms with E-state index in [4.69, 9.17) is 11.5 Å². The van der Waals surface area contributed by atoms with Crippen molar-refractivity contribution in [3.63, 3.8) is 0 Å². The first-order valence-corrected chi connectivity index (χ1v) is 9.00. The van der Waals surface area contributed by atoms with Crippen molar-refractivity contribution < 1.29 is 13.2 Å². The van der Waals surface area contributed by atoms with Gasteiger partial charge in [0.15, 0.2) is 0 Å². The van der Waals surface area contributed by atoms with E-state index in [1.165, 1.54) is 30.2 Å². The number of para-hydroxylation sites is 1. The first-order valence-electron chi connectivity index (χ1n) is 8.12. The Bertz CT molecular complexity index is 895. The second kappa shape index (κ2) is 6.59. The quantitative estimate of drug-likeness (QED) is 0.820. The lowest BCUT2D eigenvalue weighted by Gasteiger charge is -2.35. The van der Waals surface area contributed by atoms with Gasteiger partial charge < -0.3 is 21.3 Å². The number of hydrogen-bond donors (Lipinski definition) is 2. The number of nitrogens with two attached hydrogens (primary N) is 2. The molecular weight excluding hydrogens is 375 g/mol. The molecule has 2 aromatic rings. The lowest BCUT2D eigenvalue weighted by molar-refractivity contribution is -0.137. The highest BCUT2D eigenvalue weighted by atomic mass is 32.2. The van der Waals surface area contributed by atoms with Crippen molar-refractivity contribution in [1.82, 2.24) is 0 Å². The Morgan fingerprint density at radius 3 is 2.22 bits per heavy atom. The van der Waals surface area contributed by atoms with Crippen LogP contribution in [0.1, 0.15) is 5.56 Å². The second-order valence-electron chi connectivity index (χ2n) is 6.05. The largest absolute Gasteiger partial charge is 0.416 e. The topological polar surface area (TPSA) is 70.9 Å². The minimum absolute atomic E-state index is 0.381. The standard InChI is InChI=1S/C18H16F3N5S/c19-18(20,21)11-6-8-12(9-7-11)25-10-24-16-14(15(25)22)26(17(23)27-16)13-4-2-1-3-5-13/h1-10,15,17H,22-23H2. The third-order valence-electron chi connectivity index (χ3n) is 4.37. The number of rotatable bonds is 2. The Labute approximate surface area is 158 Å². The molecule has 0 aliphatic carbocycles. The van der Waals surface area contributed by atoms with Crippen molar-refractivity contribution >= 4 is 29.5 Å². The van der Waals surface area contributed by atoms with Gasteiger partial charge in [0.25, 0.3) is 0 Å². The summed E-state index contributed by atoms with van der Waals surface area (Å²) in [5.74, 6) is 0. The van der Waals surface area contributed by atoms with Crippen LogP contribution in [-0.2, 0) is 6.18 Å². The fourth-order valence-corrected chi connectivity index (χ4v) is 4.09. The Balaban J connectivity index is 1.66. The average Bonchev–Trinajstić information content (AvgIpc) is 2.99. The Morgan fingerprint density at radius 2 is 1.59 bits per heavy atom. The van der Waals surface area contributed by atoms with Gasteiger partial charge in [0.05, 0.1) is 17.6 Å². The van der Waals surface area contributed by atoms with Crippen LogP contribution in [0.15, 0.2) is 70.3 Å². The van der Waals surface area contributed by atoms with Gasteiger partial charge in [-0.05, 0) is 36.4 Å². The molecule has 0 saturated carbocycles. The zero-order chi connectivity index (χ0) is 19.2. The van der Waals surface area contributed by atoms with Crippen LogP contribution in [0.25, 0.3) is 0 Å². The maximum absolute atomic E-state index is 12.8. The lowest BCUT2D eigenvalue weighted by atomic mass is 10.1. The molecule has 2 aliphatic rings. The molecule has 2 atom stereocenters. The van der Waals surface area contributed by atoms with Crippen LogP contribution in [0.4, 0.5) is 24.5 Å². The van der Waals surface area contributed by atoms with E-state index in [-0.39, 0.29) is 5.50 Å². The lowest BCUT2D eigenvalue weighted by Crippen LogP contribution is -2.50. The number of thioether (sulfide) groups is 1. The molecular formula is C18H16F3N5S. The van der Waals surface area contributed by atoms with Crippen molar-refractivity contribution in [3.8, 4) is 0 Å². The summed E-state index contributed by atoms with van der Waals surface area (Å²) in [4.78, 5) is 7.95. The normalized spacial score (nSPS) is 22.4. The van der Waals surface area contributed by atoms with Crippen LogP contribution in [-0.4, -0.2) is 18.0 Å². The van der Waals surface area contributed by atoms with Crippen molar-refractivity contribution in [3.05, 3.63) is 70.9 Å². The van der Waals surface area contributed by atoms with Gasteiger partial charge in [0, 0.05) is 11.4 Å². The van der Waals surface area contributed by atoms with E-state index in [2.05, 4.69) is 4.99 Å². The van der Waals surface area contributed by atoms with Gasteiger partial charge in [0.1, 0.15) is 16.7 Å². The predicted octanol–water partition coefficient (Wildman–Crippen LogP) is 3.50. The fourth-order valence-electron chi connectivity index (χ4n) is 3.08. The van der Waals surface area contributed by atoms with E-state index < -0.39 is 17.9 Å². The highest BCUT2D eigenvalue weighted by Gasteiger charge is 2.39. The van der Waals surface area contributed by atoms with E-state index in [9.17, 15) is 13.2 Å². The molecule has 0 saturated heterocycles. The van der Waals surface area contributed by atoms with E-state index in [0.29, 0.717) is 10.7 Å². The molecule has 0 spiro atoms. The van der Waals surface area contributed by atoms with Crippen molar-refractivity contribution in [2.75, 3.05) is 9.80 Å². The van der Waals surface area contributed by atoms with E-state index in [0.717, 1.165) is 23.5 Å². The summed E-state index contributed by atoms with van der Waals surface area (Å²) >= 11 is 1.39. The summed E-state index contributed by atoms with van der Waals surface area (Å²) in [5, 5.41) is 0.710. The van der Waals surface area contributed by atoms with Crippen LogP contribution in [0.5, 0.6) is 0 Å². The van der Waals surface area contributed by atoms with Crippen LogP contribution in [0.2, 0.25) is 0 Å². The molecule has 0 fully saturated rings. The van der Waals surface area contributed by atoms with Crippen LogP contribution >= 0.6 is 11.8 Å². The molecule has 0 bridgehead atoms. The minimum Gasteiger partial charge on any atom is -0.314 e. The Hall–Kier alpha value is -2.49. The molecule has 9 heteroatoms. The summed E-state index contributed by atoms with van der Waals surface area (Å²) in [5.41, 5.74) is 13.7. The first-order chi connectivity index (χ1) is 12.9. The fraction of sp³-hybridized carbons (Fsp3) is 0.167. The smallest absolute Gasteiger partial charge is 0.314 e. The summed E-state index contributed by atoms with van der Waals surface area (Å²) in [6, 6.07) is 14.4. The molecule has 4 rings (SSSR count). The first kappa shape index (κ1) is 17.9. The number of anilines is 2. The summed E-state index contributed by atoms with van der Waals surface area (Å²) in [6.07, 6.45) is -3.48. The summed E-state index contributed by atoms with van der Waals surface area (Å²) in [6.45, 7) is 0. The summed E-state index contributed by atoms with van der Waals surface area (Å²) < 4.78 is 38.4. The van der Waals surface area contributed by atoms with Gasteiger partial charge in [-0.1, -0.05) is 30.0 Å². The molecule has 4 N–H and O–H groups in total. The van der Waals surface area contributed by atoms with Crippen molar-refractivity contribution in [2.24, 2.45) is 16.5 Å². The summed E-state index contributed by atoms with van der Waals surface area (Å²) in [7, 11) is 0. The maximum atomic E-state index is 12.8. The zero-order valence-electron chi connectivity index (χ0n) is 14.0. The van der Waals surface area contributed by atoms with Gasteiger partial charge in [-0.15, -0.1) is 0 Å². The van der Waals surface area contributed by atoms with Crippen LogP contribution in [0.3, 0.4) is 0 Å². The molecule has 27 heavy (non-hydrogen) atoms. The molecule has 2 heterocycles. The van der Waals surface area contributed by atoms with Gasteiger partial charge in [-0.3, -0.25) is 0 Å². The number of alkyl halides is 3. The molecule has 0 aromatic heterocycles. The number of benzene rings is 2. The molecule has 0 radical (unpaired) electrons. The third-order valence-corrected chi connectivity index (χ3v) is 5.36. The van der Waals surface area contributed by atoms with Gasteiger partial charge in [-0.2, -0.15) is 13.2 Å². The van der Waals surface area contributed by atoms with Crippen molar-refractivity contribution in [2.45, 2.75) is 17.8 Å². The number of hydrogen-bond acceptors (Lipinski definition) is 6. The number of halogens is 3. The molecule has 0 amide bonds. The van der Waals surface area contributed by atoms with Crippen molar-refractivity contribution in [1.29, 1.82) is 0 Å². The molecule has 2 unspecified atom stereocenters.